The predicted octanol–water partition coefficient (Wildman–Crippen LogP) is 3.46. The largest absolute Gasteiger partial charge is 0.504 e. The van der Waals surface area contributed by atoms with Crippen LogP contribution in [0.2, 0.25) is 0 Å². The molecule has 0 aromatic heterocycles. The molecule has 3 rings (SSSR count). The van der Waals surface area contributed by atoms with E-state index < -0.39 is 12.0 Å². The summed E-state index contributed by atoms with van der Waals surface area (Å²) in [7, 11) is 1.49. The number of aromatic hydroxyl groups is 1. The Balaban J connectivity index is 1.55. The Labute approximate surface area is 164 Å². The minimum atomic E-state index is -1.22. The Morgan fingerprint density at radius 3 is 2.36 bits per heavy atom. The van der Waals surface area contributed by atoms with Gasteiger partial charge in [-0.25, -0.2) is 0 Å². The van der Waals surface area contributed by atoms with Crippen molar-refractivity contribution < 1.29 is 19.7 Å². The molecule has 0 saturated carbocycles. The molecule has 0 saturated heterocycles. The average molecular weight is 377 g/mol. The fourth-order valence-electron chi connectivity index (χ4n) is 2.94. The lowest BCUT2D eigenvalue weighted by Crippen LogP contribution is -2.30. The van der Waals surface area contributed by atoms with Crippen LogP contribution in [-0.2, 0) is 11.2 Å². The monoisotopic (exact) mass is 377 g/mol. The SMILES string of the molecule is COc1cc(CCNC(=O)C(O)c2ccc(-c3ccccc3)cc2)ccc1O. The van der Waals surface area contributed by atoms with Gasteiger partial charge in [-0.2, -0.15) is 0 Å². The van der Waals surface area contributed by atoms with Crippen LogP contribution in [0.5, 0.6) is 11.5 Å². The van der Waals surface area contributed by atoms with Gasteiger partial charge in [0.25, 0.3) is 5.91 Å². The van der Waals surface area contributed by atoms with Crippen LogP contribution in [0.1, 0.15) is 17.2 Å². The second-order valence-electron chi connectivity index (χ2n) is 6.44. The van der Waals surface area contributed by atoms with Crippen molar-refractivity contribution in [1.29, 1.82) is 0 Å². The third kappa shape index (κ3) is 4.69. The van der Waals surface area contributed by atoms with Crippen molar-refractivity contribution in [2.45, 2.75) is 12.5 Å². The highest BCUT2D eigenvalue weighted by atomic mass is 16.5. The molecule has 5 heteroatoms. The molecule has 0 aliphatic heterocycles. The van der Waals surface area contributed by atoms with Crippen molar-refractivity contribution in [3.8, 4) is 22.6 Å². The van der Waals surface area contributed by atoms with Crippen molar-refractivity contribution in [1.82, 2.24) is 5.32 Å². The van der Waals surface area contributed by atoms with Crippen LogP contribution >= 0.6 is 0 Å². The topological polar surface area (TPSA) is 78.8 Å². The normalized spacial score (nSPS) is 11.6. The van der Waals surface area contributed by atoms with Crippen LogP contribution in [0.4, 0.5) is 0 Å². The number of amides is 1. The first-order valence-electron chi connectivity index (χ1n) is 9.05. The maximum absolute atomic E-state index is 12.2. The van der Waals surface area contributed by atoms with E-state index in [1.54, 1.807) is 30.3 Å². The van der Waals surface area contributed by atoms with E-state index in [1.165, 1.54) is 7.11 Å². The van der Waals surface area contributed by atoms with E-state index in [0.29, 0.717) is 24.3 Å². The first-order chi connectivity index (χ1) is 13.6. The molecule has 0 fully saturated rings. The number of phenols is 1. The fraction of sp³-hybridized carbons (Fsp3) is 0.174. The number of phenolic OH excluding ortho intramolecular Hbond substituents is 1. The maximum atomic E-state index is 12.2. The van der Waals surface area contributed by atoms with Gasteiger partial charge in [0.05, 0.1) is 7.11 Å². The molecule has 0 heterocycles. The van der Waals surface area contributed by atoms with Gasteiger partial charge in [0.1, 0.15) is 0 Å². The Hall–Kier alpha value is -3.31. The molecule has 144 valence electrons. The minimum Gasteiger partial charge on any atom is -0.504 e. The van der Waals surface area contributed by atoms with Crippen molar-refractivity contribution in [2.75, 3.05) is 13.7 Å². The zero-order valence-electron chi connectivity index (χ0n) is 15.6. The second kappa shape index (κ2) is 9.06. The fourth-order valence-corrected chi connectivity index (χ4v) is 2.94. The highest BCUT2D eigenvalue weighted by Gasteiger charge is 2.17. The lowest BCUT2D eigenvalue weighted by atomic mass is 10.0. The van der Waals surface area contributed by atoms with Gasteiger partial charge in [0.15, 0.2) is 17.6 Å². The first-order valence-corrected chi connectivity index (χ1v) is 9.05. The van der Waals surface area contributed by atoms with Gasteiger partial charge in [0, 0.05) is 6.54 Å². The molecule has 0 aliphatic rings. The molecular weight excluding hydrogens is 354 g/mol. The molecule has 3 N–H and O–H groups in total. The third-order valence-electron chi connectivity index (χ3n) is 4.54. The number of hydrogen-bond donors (Lipinski definition) is 3. The number of benzene rings is 3. The van der Waals surface area contributed by atoms with Crippen LogP contribution < -0.4 is 10.1 Å². The quantitative estimate of drug-likeness (QED) is 0.589. The summed E-state index contributed by atoms with van der Waals surface area (Å²) >= 11 is 0. The lowest BCUT2D eigenvalue weighted by Gasteiger charge is -2.13. The van der Waals surface area contributed by atoms with E-state index in [0.717, 1.165) is 16.7 Å². The third-order valence-corrected chi connectivity index (χ3v) is 4.54. The second-order valence-corrected chi connectivity index (χ2v) is 6.44. The van der Waals surface area contributed by atoms with Crippen LogP contribution in [-0.4, -0.2) is 29.8 Å². The lowest BCUT2D eigenvalue weighted by molar-refractivity contribution is -0.129. The van der Waals surface area contributed by atoms with Gasteiger partial charge in [-0.05, 0) is 40.8 Å². The number of ether oxygens (including phenoxy) is 1. The summed E-state index contributed by atoms with van der Waals surface area (Å²) < 4.78 is 5.07. The molecule has 0 aliphatic carbocycles. The molecule has 3 aromatic carbocycles. The van der Waals surface area contributed by atoms with Gasteiger partial charge in [0.2, 0.25) is 0 Å². The number of carbonyl (C=O) groups is 1. The van der Waals surface area contributed by atoms with Crippen LogP contribution in [0.15, 0.2) is 72.8 Å². The summed E-state index contributed by atoms with van der Waals surface area (Å²) in [5.41, 5.74) is 3.57. The smallest absolute Gasteiger partial charge is 0.253 e. The Morgan fingerprint density at radius 2 is 1.68 bits per heavy atom. The molecule has 1 amide bonds. The van der Waals surface area contributed by atoms with Gasteiger partial charge in [-0.1, -0.05) is 60.7 Å². The highest BCUT2D eigenvalue weighted by molar-refractivity contribution is 5.82. The molecule has 28 heavy (non-hydrogen) atoms. The summed E-state index contributed by atoms with van der Waals surface area (Å²) in [5.74, 6) is 0.0187. The van der Waals surface area contributed by atoms with E-state index in [1.807, 2.05) is 42.5 Å². The predicted molar refractivity (Wildman–Crippen MR) is 108 cm³/mol. The Morgan fingerprint density at radius 1 is 1.00 bits per heavy atom. The molecule has 0 bridgehead atoms. The summed E-state index contributed by atoms with van der Waals surface area (Å²) in [6.45, 7) is 0.367. The molecule has 0 radical (unpaired) electrons. The molecule has 3 aromatic rings. The average Bonchev–Trinajstić information content (AvgIpc) is 2.75. The van der Waals surface area contributed by atoms with Crippen LogP contribution in [0.25, 0.3) is 11.1 Å². The minimum absolute atomic E-state index is 0.0738. The van der Waals surface area contributed by atoms with Crippen LogP contribution in [0.3, 0.4) is 0 Å². The first kappa shape index (κ1) is 19.5. The highest BCUT2D eigenvalue weighted by Crippen LogP contribution is 2.26. The zero-order chi connectivity index (χ0) is 19.9. The van der Waals surface area contributed by atoms with Gasteiger partial charge in [-0.15, -0.1) is 0 Å². The molecule has 0 spiro atoms. The number of hydrogen-bond acceptors (Lipinski definition) is 4. The van der Waals surface area contributed by atoms with E-state index in [4.69, 9.17) is 4.74 Å². The number of nitrogens with one attached hydrogen (secondary N) is 1. The number of aliphatic hydroxyl groups is 1. The molecule has 1 unspecified atom stereocenters. The van der Waals surface area contributed by atoms with E-state index in [9.17, 15) is 15.0 Å². The maximum Gasteiger partial charge on any atom is 0.253 e. The van der Waals surface area contributed by atoms with Gasteiger partial charge >= 0.3 is 0 Å². The Bertz CT molecular complexity index is 923. The standard InChI is InChI=1S/C23H23NO4/c1-28-21-15-16(7-12-20(21)25)13-14-24-23(27)22(26)19-10-8-18(9-11-19)17-5-3-2-4-6-17/h2-12,15,22,25-26H,13-14H2,1H3,(H,24,27). The van der Waals surface area contributed by atoms with E-state index in [2.05, 4.69) is 5.32 Å². The van der Waals surface area contributed by atoms with Crippen molar-refractivity contribution in [3.05, 3.63) is 83.9 Å². The summed E-state index contributed by atoms with van der Waals surface area (Å²) in [5, 5.41) is 22.6. The van der Waals surface area contributed by atoms with Crippen molar-refractivity contribution in [3.63, 3.8) is 0 Å². The molecule has 1 atom stereocenters. The van der Waals surface area contributed by atoms with E-state index >= 15 is 0 Å². The summed E-state index contributed by atoms with van der Waals surface area (Å²) in [6, 6.07) is 22.3. The number of carbonyl (C=O) groups excluding carboxylic acids is 1. The Kier molecular flexibility index (Phi) is 6.29. The summed E-state index contributed by atoms with van der Waals surface area (Å²) in [4.78, 5) is 12.2. The van der Waals surface area contributed by atoms with Crippen molar-refractivity contribution in [2.24, 2.45) is 0 Å². The molecular formula is C23H23NO4. The van der Waals surface area contributed by atoms with E-state index in [-0.39, 0.29) is 5.75 Å². The number of aliphatic hydroxyl groups excluding tert-OH is 1. The van der Waals surface area contributed by atoms with Crippen LogP contribution in [0, 0.1) is 0 Å². The number of rotatable bonds is 7. The molecule has 5 nitrogen and oxygen atoms in total. The van der Waals surface area contributed by atoms with Gasteiger partial charge in [-0.3, -0.25) is 4.79 Å². The zero-order valence-corrected chi connectivity index (χ0v) is 15.6. The summed E-state index contributed by atoms with van der Waals surface area (Å²) in [6.07, 6.45) is -0.665. The van der Waals surface area contributed by atoms with Gasteiger partial charge < -0.3 is 20.3 Å². The van der Waals surface area contributed by atoms with Crippen molar-refractivity contribution >= 4 is 5.91 Å². The number of methoxy groups -OCH3 is 1.